The largest absolute Gasteiger partial charge is 0.370 e. The van der Waals surface area contributed by atoms with E-state index in [4.69, 9.17) is 0 Å². The molecule has 0 aliphatic heterocycles. The Balaban J connectivity index is 2.04. The first kappa shape index (κ1) is 11.5. The lowest BCUT2D eigenvalue weighted by Gasteiger charge is -2.04. The maximum atomic E-state index is 11.8. The van der Waals surface area contributed by atoms with Gasteiger partial charge >= 0.3 is 0 Å². The zero-order chi connectivity index (χ0) is 12.1. The molecule has 0 aromatic carbocycles. The highest BCUT2D eigenvalue weighted by Gasteiger charge is 2.07. The third-order valence-electron chi connectivity index (χ3n) is 2.04. The molecule has 17 heavy (non-hydrogen) atoms. The maximum absolute atomic E-state index is 11.8. The Hall–Kier alpha value is -1.95. The number of carbonyl (C=O) groups excluding carboxylic acids is 1. The zero-order valence-corrected chi connectivity index (χ0v) is 10.1. The summed E-state index contributed by atoms with van der Waals surface area (Å²) in [5, 5.41) is 8.16. The third-order valence-corrected chi connectivity index (χ3v) is 2.72. The van der Waals surface area contributed by atoms with Crippen LogP contribution in [0.4, 0.5) is 10.9 Å². The van der Waals surface area contributed by atoms with Gasteiger partial charge in [-0.15, -0.1) is 11.3 Å². The molecule has 0 spiro atoms. The molecule has 0 saturated heterocycles. The summed E-state index contributed by atoms with van der Waals surface area (Å²) in [6, 6.07) is 3.51. The lowest BCUT2D eigenvalue weighted by molar-refractivity contribution is 0.102. The summed E-state index contributed by atoms with van der Waals surface area (Å²) < 4.78 is 0. The first-order valence-corrected chi connectivity index (χ1v) is 6.08. The average molecular weight is 248 g/mol. The molecular formula is C11H12N4OS. The number of anilines is 2. The fraction of sp³-hybridized carbons (Fsp3) is 0.182. The van der Waals surface area contributed by atoms with E-state index in [0.29, 0.717) is 10.7 Å². The highest BCUT2D eigenvalue weighted by atomic mass is 32.1. The molecule has 0 radical (unpaired) electrons. The van der Waals surface area contributed by atoms with Gasteiger partial charge in [0.25, 0.3) is 5.91 Å². The Morgan fingerprint density at radius 2 is 2.29 bits per heavy atom. The number of carbonyl (C=O) groups is 1. The Morgan fingerprint density at radius 1 is 1.41 bits per heavy atom. The summed E-state index contributed by atoms with van der Waals surface area (Å²) >= 11 is 1.38. The first-order chi connectivity index (χ1) is 8.29. The van der Waals surface area contributed by atoms with Gasteiger partial charge in [0.2, 0.25) is 0 Å². The molecule has 0 bridgehead atoms. The maximum Gasteiger partial charge on any atom is 0.259 e. The summed E-state index contributed by atoms with van der Waals surface area (Å²) in [7, 11) is 0. The number of thiazole rings is 1. The van der Waals surface area contributed by atoms with Gasteiger partial charge in [-0.25, -0.2) is 9.97 Å². The summed E-state index contributed by atoms with van der Waals surface area (Å²) in [6.45, 7) is 2.79. The molecule has 0 aliphatic rings. The van der Waals surface area contributed by atoms with E-state index in [9.17, 15) is 4.79 Å². The quantitative estimate of drug-likeness (QED) is 0.870. The molecule has 0 fully saturated rings. The Bertz CT molecular complexity index is 481. The number of nitrogens with one attached hydrogen (secondary N) is 2. The van der Waals surface area contributed by atoms with E-state index < -0.39 is 0 Å². The van der Waals surface area contributed by atoms with Crippen molar-refractivity contribution in [3.05, 3.63) is 35.5 Å². The second-order valence-electron chi connectivity index (χ2n) is 3.25. The summed E-state index contributed by atoms with van der Waals surface area (Å²) in [4.78, 5) is 19.9. The number of amides is 1. The van der Waals surface area contributed by atoms with E-state index in [0.717, 1.165) is 12.4 Å². The molecule has 1 amide bonds. The highest BCUT2D eigenvalue weighted by Crippen LogP contribution is 2.12. The molecular weight excluding hydrogens is 236 g/mol. The van der Waals surface area contributed by atoms with E-state index in [1.165, 1.54) is 11.3 Å². The predicted octanol–water partition coefficient (Wildman–Crippen LogP) is 2.22. The van der Waals surface area contributed by atoms with Crippen molar-refractivity contribution in [1.29, 1.82) is 0 Å². The van der Waals surface area contributed by atoms with Crippen LogP contribution in [0.1, 0.15) is 17.3 Å². The van der Waals surface area contributed by atoms with Crippen LogP contribution >= 0.6 is 11.3 Å². The van der Waals surface area contributed by atoms with Gasteiger partial charge < -0.3 is 5.32 Å². The van der Waals surface area contributed by atoms with Crippen LogP contribution in [0.3, 0.4) is 0 Å². The topological polar surface area (TPSA) is 66.9 Å². The van der Waals surface area contributed by atoms with Gasteiger partial charge in [0.1, 0.15) is 5.82 Å². The number of aromatic nitrogens is 2. The monoisotopic (exact) mass is 248 g/mol. The average Bonchev–Trinajstić information content (AvgIpc) is 2.83. The summed E-state index contributed by atoms with van der Waals surface area (Å²) in [6.07, 6.45) is 3.19. The van der Waals surface area contributed by atoms with Gasteiger partial charge in [-0.1, -0.05) is 0 Å². The number of hydrogen-bond donors (Lipinski definition) is 2. The lowest BCUT2D eigenvalue weighted by Crippen LogP contribution is -2.12. The van der Waals surface area contributed by atoms with Crippen molar-refractivity contribution in [3.63, 3.8) is 0 Å². The lowest BCUT2D eigenvalue weighted by atomic mass is 10.2. The molecule has 88 valence electrons. The van der Waals surface area contributed by atoms with Gasteiger partial charge in [0, 0.05) is 24.3 Å². The van der Waals surface area contributed by atoms with Crippen LogP contribution in [0, 0.1) is 0 Å². The van der Waals surface area contributed by atoms with E-state index in [1.54, 1.807) is 24.5 Å². The van der Waals surface area contributed by atoms with Crippen molar-refractivity contribution >= 4 is 28.2 Å². The van der Waals surface area contributed by atoms with Crippen molar-refractivity contribution in [2.45, 2.75) is 6.92 Å². The second-order valence-corrected chi connectivity index (χ2v) is 4.15. The van der Waals surface area contributed by atoms with E-state index in [1.807, 2.05) is 12.3 Å². The van der Waals surface area contributed by atoms with Crippen molar-refractivity contribution in [2.24, 2.45) is 0 Å². The van der Waals surface area contributed by atoms with Crippen LogP contribution in [0.5, 0.6) is 0 Å². The van der Waals surface area contributed by atoms with Gasteiger partial charge in [-0.2, -0.15) is 0 Å². The molecule has 5 nitrogen and oxygen atoms in total. The molecule has 2 heterocycles. The molecule has 0 saturated carbocycles. The molecule has 2 N–H and O–H groups in total. The van der Waals surface area contributed by atoms with Gasteiger partial charge in [0.05, 0.1) is 5.56 Å². The summed E-state index contributed by atoms with van der Waals surface area (Å²) in [5.74, 6) is 0.564. The SMILES string of the molecule is CCNc1ccc(C(=O)Nc2nccs2)cn1. The first-order valence-electron chi connectivity index (χ1n) is 5.20. The van der Waals surface area contributed by atoms with Crippen LogP contribution in [0.2, 0.25) is 0 Å². The number of hydrogen-bond acceptors (Lipinski definition) is 5. The van der Waals surface area contributed by atoms with Crippen molar-refractivity contribution in [2.75, 3.05) is 17.2 Å². The number of nitrogens with zero attached hydrogens (tertiary/aromatic N) is 2. The van der Waals surface area contributed by atoms with E-state index in [2.05, 4.69) is 20.6 Å². The van der Waals surface area contributed by atoms with Crippen LogP contribution in [0.25, 0.3) is 0 Å². The molecule has 0 unspecified atom stereocenters. The minimum Gasteiger partial charge on any atom is -0.370 e. The standard InChI is InChI=1S/C11H12N4OS/c1-2-12-9-4-3-8(7-14-9)10(16)15-11-13-5-6-17-11/h3-7H,2H2,1H3,(H,12,14)(H,13,15,16). The molecule has 6 heteroatoms. The van der Waals surface area contributed by atoms with Crippen molar-refractivity contribution in [3.8, 4) is 0 Å². The fourth-order valence-corrected chi connectivity index (χ4v) is 1.79. The van der Waals surface area contributed by atoms with Crippen LogP contribution < -0.4 is 10.6 Å². The van der Waals surface area contributed by atoms with Crippen LogP contribution in [-0.2, 0) is 0 Å². The van der Waals surface area contributed by atoms with Crippen LogP contribution in [-0.4, -0.2) is 22.4 Å². The zero-order valence-electron chi connectivity index (χ0n) is 9.30. The summed E-state index contributed by atoms with van der Waals surface area (Å²) in [5.41, 5.74) is 0.516. The molecule has 2 rings (SSSR count). The van der Waals surface area contributed by atoms with Crippen molar-refractivity contribution in [1.82, 2.24) is 9.97 Å². The normalized spacial score (nSPS) is 9.94. The van der Waals surface area contributed by atoms with Gasteiger partial charge in [0.15, 0.2) is 5.13 Å². The minimum absolute atomic E-state index is 0.199. The molecule has 0 aliphatic carbocycles. The fourth-order valence-electron chi connectivity index (χ4n) is 1.27. The van der Waals surface area contributed by atoms with Gasteiger partial charge in [-0.3, -0.25) is 10.1 Å². The highest BCUT2D eigenvalue weighted by molar-refractivity contribution is 7.13. The molecule has 2 aromatic heterocycles. The van der Waals surface area contributed by atoms with E-state index >= 15 is 0 Å². The Morgan fingerprint density at radius 3 is 2.88 bits per heavy atom. The Kier molecular flexibility index (Phi) is 3.66. The molecule has 0 atom stereocenters. The second kappa shape index (κ2) is 5.40. The van der Waals surface area contributed by atoms with Crippen molar-refractivity contribution < 1.29 is 4.79 Å². The van der Waals surface area contributed by atoms with Gasteiger partial charge in [-0.05, 0) is 19.1 Å². The number of pyridine rings is 1. The van der Waals surface area contributed by atoms with Crippen LogP contribution in [0.15, 0.2) is 29.9 Å². The third kappa shape index (κ3) is 3.01. The smallest absolute Gasteiger partial charge is 0.259 e. The Labute approximate surface area is 103 Å². The number of rotatable bonds is 4. The minimum atomic E-state index is -0.199. The molecule has 2 aromatic rings. The predicted molar refractivity (Wildman–Crippen MR) is 68.5 cm³/mol. The van der Waals surface area contributed by atoms with E-state index in [-0.39, 0.29) is 5.91 Å².